The number of para-hydroxylation sites is 1. The minimum Gasteiger partial charge on any atom is -0.367 e. The third-order valence-corrected chi connectivity index (χ3v) is 5.70. The van der Waals surface area contributed by atoms with Gasteiger partial charge in [-0.05, 0) is 30.5 Å². The molecule has 0 aliphatic carbocycles. The van der Waals surface area contributed by atoms with Crippen molar-refractivity contribution in [3.05, 3.63) is 47.8 Å². The molecule has 4 rings (SSSR count). The summed E-state index contributed by atoms with van der Waals surface area (Å²) < 4.78 is 1.80. The van der Waals surface area contributed by atoms with Crippen LogP contribution >= 0.6 is 0 Å². The summed E-state index contributed by atoms with van der Waals surface area (Å²) in [6.07, 6.45) is 4.97. The highest BCUT2D eigenvalue weighted by molar-refractivity contribution is 5.80. The zero-order chi connectivity index (χ0) is 18.1. The summed E-state index contributed by atoms with van der Waals surface area (Å²) in [5, 5.41) is 10.8. The molecule has 1 fully saturated rings. The Morgan fingerprint density at radius 2 is 2.19 bits per heavy atom. The average molecular weight is 353 g/mol. The van der Waals surface area contributed by atoms with Crippen molar-refractivity contribution < 1.29 is 4.79 Å². The summed E-state index contributed by atoms with van der Waals surface area (Å²) in [5.74, 6) is 0.321. The molecule has 1 aromatic heterocycles. The average Bonchev–Trinajstić information content (AvgIpc) is 3.33. The van der Waals surface area contributed by atoms with Crippen molar-refractivity contribution in [1.29, 1.82) is 0 Å². The summed E-state index contributed by atoms with van der Waals surface area (Å²) in [4.78, 5) is 15.1. The predicted molar refractivity (Wildman–Crippen MR) is 102 cm³/mol. The molecule has 0 radical (unpaired) electrons. The number of aromatic nitrogens is 2. The minimum atomic E-state index is -0.0255. The Balaban J connectivity index is 1.34. The van der Waals surface area contributed by atoms with Crippen molar-refractivity contribution in [2.45, 2.75) is 25.3 Å². The molecule has 0 spiro atoms. The first kappa shape index (κ1) is 17.1. The molecule has 3 heterocycles. The number of carbonyl (C=O) groups is 1. The number of hydrogen-bond acceptors (Lipinski definition) is 4. The summed E-state index contributed by atoms with van der Waals surface area (Å²) in [7, 11) is 1.91. The number of benzene rings is 1. The van der Waals surface area contributed by atoms with Crippen LogP contribution in [0.3, 0.4) is 0 Å². The summed E-state index contributed by atoms with van der Waals surface area (Å²) in [6.45, 7) is 5.34. The Labute approximate surface area is 154 Å². The van der Waals surface area contributed by atoms with Crippen LogP contribution in [0.15, 0.2) is 36.7 Å². The standard InChI is InChI=1S/C20H27N5O/c1-14-9-15-5-3-4-6-19(15)25(14)8-7-22-20(26)18-12-21-11-17(18)16-10-23-24(2)13-16/h3-6,10,13-14,17-18,21H,7-9,11-12H2,1-2H3,(H,22,26)/t14?,17-,18+/m1/s1. The van der Waals surface area contributed by atoms with E-state index in [0.29, 0.717) is 12.6 Å². The normalized spacial score (nSPS) is 24.7. The van der Waals surface area contributed by atoms with Gasteiger partial charge in [0.2, 0.25) is 5.91 Å². The second-order valence-electron chi connectivity index (χ2n) is 7.48. The van der Waals surface area contributed by atoms with Crippen LogP contribution in [0, 0.1) is 5.92 Å². The molecule has 26 heavy (non-hydrogen) atoms. The van der Waals surface area contributed by atoms with E-state index in [1.807, 2.05) is 19.4 Å². The van der Waals surface area contributed by atoms with Crippen LogP contribution < -0.4 is 15.5 Å². The third-order valence-electron chi connectivity index (χ3n) is 5.70. The first-order valence-electron chi connectivity index (χ1n) is 9.45. The van der Waals surface area contributed by atoms with Gasteiger partial charge in [0.25, 0.3) is 0 Å². The predicted octanol–water partition coefficient (Wildman–Crippen LogP) is 1.29. The molecule has 0 saturated carbocycles. The fourth-order valence-electron chi connectivity index (χ4n) is 4.34. The van der Waals surface area contributed by atoms with E-state index in [2.05, 4.69) is 51.8 Å². The maximum absolute atomic E-state index is 12.7. The summed E-state index contributed by atoms with van der Waals surface area (Å²) in [5.41, 5.74) is 3.85. The van der Waals surface area contributed by atoms with E-state index < -0.39 is 0 Å². The quantitative estimate of drug-likeness (QED) is 0.850. The smallest absolute Gasteiger partial charge is 0.225 e. The maximum atomic E-state index is 12.7. The van der Waals surface area contributed by atoms with Crippen LogP contribution in [0.1, 0.15) is 24.0 Å². The SMILES string of the molecule is CC1Cc2ccccc2N1CCNC(=O)[C@H]1CNC[C@@H]1c1cnn(C)c1. The lowest BCUT2D eigenvalue weighted by molar-refractivity contribution is -0.124. The lowest BCUT2D eigenvalue weighted by Gasteiger charge is -2.25. The molecule has 2 aliphatic heterocycles. The maximum Gasteiger partial charge on any atom is 0.225 e. The minimum absolute atomic E-state index is 0.0255. The number of aryl methyl sites for hydroxylation is 1. The van der Waals surface area contributed by atoms with Gasteiger partial charge in [0.05, 0.1) is 12.1 Å². The second kappa shape index (κ2) is 7.11. The van der Waals surface area contributed by atoms with Crippen LogP contribution in [0.2, 0.25) is 0 Å². The van der Waals surface area contributed by atoms with Gasteiger partial charge in [0.15, 0.2) is 0 Å². The van der Waals surface area contributed by atoms with Crippen molar-refractivity contribution in [3.8, 4) is 0 Å². The van der Waals surface area contributed by atoms with Crippen LogP contribution in [0.25, 0.3) is 0 Å². The van der Waals surface area contributed by atoms with E-state index in [9.17, 15) is 4.79 Å². The van der Waals surface area contributed by atoms with Crippen molar-refractivity contribution in [2.24, 2.45) is 13.0 Å². The first-order chi connectivity index (χ1) is 12.6. The first-order valence-corrected chi connectivity index (χ1v) is 9.45. The molecule has 2 aromatic rings. The van der Waals surface area contributed by atoms with Crippen LogP contribution in [-0.4, -0.2) is 47.9 Å². The molecule has 3 atom stereocenters. The Morgan fingerprint density at radius 1 is 1.35 bits per heavy atom. The van der Waals surface area contributed by atoms with Crippen LogP contribution in [0.5, 0.6) is 0 Å². The van der Waals surface area contributed by atoms with E-state index in [0.717, 1.165) is 31.6 Å². The van der Waals surface area contributed by atoms with Gasteiger partial charge in [-0.25, -0.2) is 0 Å². The molecule has 1 saturated heterocycles. The van der Waals surface area contributed by atoms with Gasteiger partial charge in [-0.1, -0.05) is 18.2 Å². The molecule has 138 valence electrons. The Bertz CT molecular complexity index is 786. The highest BCUT2D eigenvalue weighted by Gasteiger charge is 2.34. The number of fused-ring (bicyclic) bond motifs is 1. The van der Waals surface area contributed by atoms with Crippen molar-refractivity contribution in [3.63, 3.8) is 0 Å². The number of hydrogen-bond donors (Lipinski definition) is 2. The fraction of sp³-hybridized carbons (Fsp3) is 0.500. The van der Waals surface area contributed by atoms with Crippen LogP contribution in [-0.2, 0) is 18.3 Å². The summed E-state index contributed by atoms with van der Waals surface area (Å²) in [6, 6.07) is 9.06. The number of carbonyl (C=O) groups excluding carboxylic acids is 1. The van der Waals surface area contributed by atoms with Gasteiger partial charge in [-0.2, -0.15) is 5.10 Å². The zero-order valence-corrected chi connectivity index (χ0v) is 15.5. The number of amides is 1. The number of nitrogens with zero attached hydrogens (tertiary/aromatic N) is 3. The molecule has 0 bridgehead atoms. The third kappa shape index (κ3) is 3.21. The van der Waals surface area contributed by atoms with Crippen molar-refractivity contribution >= 4 is 11.6 Å². The highest BCUT2D eigenvalue weighted by Crippen LogP contribution is 2.31. The van der Waals surface area contributed by atoms with E-state index in [1.54, 1.807) is 4.68 Å². The van der Waals surface area contributed by atoms with Gasteiger partial charge in [0.1, 0.15) is 0 Å². The van der Waals surface area contributed by atoms with E-state index in [-0.39, 0.29) is 17.7 Å². The Hall–Kier alpha value is -2.34. The number of anilines is 1. The molecular formula is C20H27N5O. The van der Waals surface area contributed by atoms with Crippen molar-refractivity contribution in [2.75, 3.05) is 31.1 Å². The second-order valence-corrected chi connectivity index (χ2v) is 7.48. The van der Waals surface area contributed by atoms with Gasteiger partial charge in [-0.3, -0.25) is 9.48 Å². The molecule has 1 aromatic carbocycles. The van der Waals surface area contributed by atoms with Gasteiger partial charge in [0, 0.05) is 57.1 Å². The number of rotatable bonds is 5. The molecule has 1 unspecified atom stereocenters. The van der Waals surface area contributed by atoms with Gasteiger partial charge >= 0.3 is 0 Å². The van der Waals surface area contributed by atoms with Crippen molar-refractivity contribution in [1.82, 2.24) is 20.4 Å². The number of nitrogens with one attached hydrogen (secondary N) is 2. The molecule has 6 nitrogen and oxygen atoms in total. The van der Waals surface area contributed by atoms with Crippen LogP contribution in [0.4, 0.5) is 5.69 Å². The monoisotopic (exact) mass is 353 g/mol. The summed E-state index contributed by atoms with van der Waals surface area (Å²) >= 11 is 0. The molecular weight excluding hydrogens is 326 g/mol. The largest absolute Gasteiger partial charge is 0.367 e. The topological polar surface area (TPSA) is 62.2 Å². The zero-order valence-electron chi connectivity index (χ0n) is 15.5. The van der Waals surface area contributed by atoms with E-state index in [1.165, 1.54) is 11.3 Å². The fourth-order valence-corrected chi connectivity index (χ4v) is 4.34. The van der Waals surface area contributed by atoms with Gasteiger partial charge < -0.3 is 15.5 Å². The lowest BCUT2D eigenvalue weighted by Crippen LogP contribution is -2.41. The van der Waals surface area contributed by atoms with Gasteiger partial charge in [-0.15, -0.1) is 0 Å². The van der Waals surface area contributed by atoms with E-state index in [4.69, 9.17) is 0 Å². The Morgan fingerprint density at radius 3 is 3.00 bits per heavy atom. The Kier molecular flexibility index (Phi) is 4.68. The molecule has 1 amide bonds. The molecule has 2 aliphatic rings. The lowest BCUT2D eigenvalue weighted by atomic mass is 9.90. The molecule has 6 heteroatoms. The van der Waals surface area contributed by atoms with E-state index >= 15 is 0 Å². The highest BCUT2D eigenvalue weighted by atomic mass is 16.1. The molecule has 2 N–H and O–H groups in total.